The third-order valence-corrected chi connectivity index (χ3v) is 3.69. The summed E-state index contributed by atoms with van der Waals surface area (Å²) in [5, 5.41) is 3.24. The van der Waals surface area contributed by atoms with E-state index in [2.05, 4.69) is 5.32 Å². The molecule has 2 aliphatic rings. The second kappa shape index (κ2) is 4.11. The number of fused-ring (bicyclic) bond motifs is 1. The number of nitrogens with one attached hydrogen (secondary N) is 1. The Morgan fingerprint density at radius 3 is 3.06 bits per heavy atom. The fraction of sp³-hybridized carbons (Fsp3) is 0.462. The highest BCUT2D eigenvalue weighted by Gasteiger charge is 2.42. The van der Waals surface area contributed by atoms with Crippen molar-refractivity contribution in [1.82, 2.24) is 10.2 Å². The molecule has 3 rings (SSSR count). The van der Waals surface area contributed by atoms with E-state index in [1.807, 2.05) is 11.0 Å². The van der Waals surface area contributed by atoms with Gasteiger partial charge in [0.1, 0.15) is 5.82 Å². The molecule has 90 valence electrons. The molecule has 0 saturated carbocycles. The van der Waals surface area contributed by atoms with Gasteiger partial charge in [-0.1, -0.05) is 12.1 Å². The van der Waals surface area contributed by atoms with Crippen LogP contribution < -0.4 is 5.32 Å². The number of carbonyl (C=O) groups excluding carboxylic acids is 1. The van der Waals surface area contributed by atoms with Crippen molar-refractivity contribution in [2.75, 3.05) is 19.6 Å². The van der Waals surface area contributed by atoms with Gasteiger partial charge in [-0.3, -0.25) is 4.79 Å². The van der Waals surface area contributed by atoms with Crippen LogP contribution in [0.3, 0.4) is 0 Å². The molecule has 0 bridgehead atoms. The largest absolute Gasteiger partial charge is 0.338 e. The molecule has 1 aromatic rings. The maximum absolute atomic E-state index is 13.1. The van der Waals surface area contributed by atoms with Crippen LogP contribution in [0.5, 0.6) is 0 Å². The van der Waals surface area contributed by atoms with Crippen molar-refractivity contribution in [2.45, 2.75) is 6.54 Å². The van der Waals surface area contributed by atoms with Crippen molar-refractivity contribution >= 4 is 5.91 Å². The van der Waals surface area contributed by atoms with Gasteiger partial charge >= 0.3 is 0 Å². The van der Waals surface area contributed by atoms with Crippen LogP contribution in [-0.2, 0) is 11.3 Å². The third kappa shape index (κ3) is 1.93. The minimum atomic E-state index is -0.240. The maximum Gasteiger partial charge on any atom is 0.227 e. The Bertz CT molecular complexity index is 449. The van der Waals surface area contributed by atoms with Crippen LogP contribution in [0.1, 0.15) is 5.56 Å². The summed E-state index contributed by atoms with van der Waals surface area (Å²) in [7, 11) is 0. The van der Waals surface area contributed by atoms with E-state index in [-0.39, 0.29) is 17.6 Å². The number of nitrogens with zero attached hydrogens (tertiary/aromatic N) is 1. The summed E-state index contributed by atoms with van der Waals surface area (Å²) in [5.41, 5.74) is 0.867. The van der Waals surface area contributed by atoms with E-state index >= 15 is 0 Å². The van der Waals surface area contributed by atoms with E-state index in [1.165, 1.54) is 12.1 Å². The van der Waals surface area contributed by atoms with Crippen LogP contribution >= 0.6 is 0 Å². The van der Waals surface area contributed by atoms with Gasteiger partial charge < -0.3 is 10.2 Å². The smallest absolute Gasteiger partial charge is 0.227 e. The topological polar surface area (TPSA) is 32.3 Å². The SMILES string of the molecule is O=C1[C@@H]2CNC[C@H]2CN1Cc1cccc(F)c1. The Hall–Kier alpha value is -1.42. The molecule has 0 unspecified atom stereocenters. The minimum Gasteiger partial charge on any atom is -0.338 e. The summed E-state index contributed by atoms with van der Waals surface area (Å²) in [6, 6.07) is 6.48. The van der Waals surface area contributed by atoms with Crippen molar-refractivity contribution in [3.05, 3.63) is 35.6 Å². The highest BCUT2D eigenvalue weighted by Crippen LogP contribution is 2.28. The first-order chi connectivity index (χ1) is 8.24. The molecular formula is C13H15FN2O. The van der Waals surface area contributed by atoms with Gasteiger partial charge in [0, 0.05) is 32.1 Å². The molecule has 1 N–H and O–H groups in total. The summed E-state index contributed by atoms with van der Waals surface area (Å²) in [6.07, 6.45) is 0. The number of carbonyl (C=O) groups is 1. The molecule has 2 aliphatic heterocycles. The van der Waals surface area contributed by atoms with E-state index in [0.717, 1.165) is 25.2 Å². The number of hydrogen-bond donors (Lipinski definition) is 1. The van der Waals surface area contributed by atoms with E-state index in [1.54, 1.807) is 6.07 Å². The van der Waals surface area contributed by atoms with Crippen molar-refractivity contribution in [3.63, 3.8) is 0 Å². The molecule has 17 heavy (non-hydrogen) atoms. The van der Waals surface area contributed by atoms with Gasteiger partial charge in [-0.15, -0.1) is 0 Å². The van der Waals surface area contributed by atoms with Crippen molar-refractivity contribution in [3.8, 4) is 0 Å². The van der Waals surface area contributed by atoms with E-state index in [0.29, 0.717) is 12.5 Å². The predicted octanol–water partition coefficient (Wildman–Crippen LogP) is 1.00. The monoisotopic (exact) mass is 234 g/mol. The first-order valence-electron chi connectivity index (χ1n) is 5.98. The number of halogens is 1. The minimum absolute atomic E-state index is 0.142. The highest BCUT2D eigenvalue weighted by molar-refractivity contribution is 5.82. The zero-order valence-corrected chi connectivity index (χ0v) is 9.53. The van der Waals surface area contributed by atoms with Gasteiger partial charge in [0.05, 0.1) is 5.92 Å². The molecule has 2 heterocycles. The molecule has 2 saturated heterocycles. The van der Waals surface area contributed by atoms with Crippen molar-refractivity contribution < 1.29 is 9.18 Å². The van der Waals surface area contributed by atoms with Crippen molar-refractivity contribution in [1.29, 1.82) is 0 Å². The molecule has 3 nitrogen and oxygen atoms in total. The van der Waals surface area contributed by atoms with Gasteiger partial charge in [-0.2, -0.15) is 0 Å². The Balaban J connectivity index is 1.72. The molecule has 0 aromatic heterocycles. The summed E-state index contributed by atoms with van der Waals surface area (Å²) in [4.78, 5) is 13.9. The summed E-state index contributed by atoms with van der Waals surface area (Å²) < 4.78 is 13.1. The maximum atomic E-state index is 13.1. The van der Waals surface area contributed by atoms with Gasteiger partial charge in [0.2, 0.25) is 5.91 Å². The second-order valence-electron chi connectivity index (χ2n) is 4.87. The number of likely N-dealkylation sites (tertiary alicyclic amines) is 1. The number of amides is 1. The van der Waals surface area contributed by atoms with E-state index in [9.17, 15) is 9.18 Å². The molecule has 0 aliphatic carbocycles. The third-order valence-electron chi connectivity index (χ3n) is 3.69. The van der Waals surface area contributed by atoms with Gasteiger partial charge in [-0.05, 0) is 17.7 Å². The summed E-state index contributed by atoms with van der Waals surface area (Å²) in [6.45, 7) is 3.05. The molecule has 2 fully saturated rings. The molecule has 4 heteroatoms. The van der Waals surface area contributed by atoms with E-state index in [4.69, 9.17) is 0 Å². The van der Waals surface area contributed by atoms with Crippen LogP contribution in [0.25, 0.3) is 0 Å². The molecule has 0 radical (unpaired) electrons. The fourth-order valence-corrected chi connectivity index (χ4v) is 2.82. The lowest BCUT2D eigenvalue weighted by atomic mass is 10.0. The normalized spacial score (nSPS) is 27.6. The summed E-state index contributed by atoms with van der Waals surface area (Å²) >= 11 is 0. The zero-order valence-electron chi connectivity index (χ0n) is 9.53. The summed E-state index contributed by atoms with van der Waals surface area (Å²) in [5.74, 6) is 0.555. The Labute approximate surface area is 99.6 Å². The van der Waals surface area contributed by atoms with Gasteiger partial charge in [-0.25, -0.2) is 4.39 Å². The lowest BCUT2D eigenvalue weighted by Gasteiger charge is -2.17. The van der Waals surface area contributed by atoms with Crippen LogP contribution in [0.4, 0.5) is 4.39 Å². The first kappa shape index (κ1) is 10.7. The first-order valence-corrected chi connectivity index (χ1v) is 5.98. The Morgan fingerprint density at radius 2 is 2.29 bits per heavy atom. The van der Waals surface area contributed by atoms with Crippen LogP contribution in [-0.4, -0.2) is 30.4 Å². The Kier molecular flexibility index (Phi) is 2.59. The Morgan fingerprint density at radius 1 is 1.41 bits per heavy atom. The van der Waals surface area contributed by atoms with Crippen LogP contribution in [0.2, 0.25) is 0 Å². The lowest BCUT2D eigenvalue weighted by molar-refractivity contribution is -0.131. The highest BCUT2D eigenvalue weighted by atomic mass is 19.1. The zero-order chi connectivity index (χ0) is 11.8. The number of rotatable bonds is 2. The van der Waals surface area contributed by atoms with Gasteiger partial charge in [0.25, 0.3) is 0 Å². The molecule has 0 spiro atoms. The molecule has 2 atom stereocenters. The number of hydrogen-bond acceptors (Lipinski definition) is 2. The quantitative estimate of drug-likeness (QED) is 0.828. The second-order valence-corrected chi connectivity index (χ2v) is 4.87. The van der Waals surface area contributed by atoms with Crippen LogP contribution in [0, 0.1) is 17.7 Å². The molecule has 1 aromatic carbocycles. The predicted molar refractivity (Wildman–Crippen MR) is 61.7 cm³/mol. The van der Waals surface area contributed by atoms with Crippen molar-refractivity contribution in [2.24, 2.45) is 11.8 Å². The molecule has 1 amide bonds. The standard InChI is InChI=1S/C13H15FN2O/c14-11-3-1-2-9(4-11)7-16-8-10-5-15-6-12(10)13(16)17/h1-4,10,12,15H,5-8H2/t10-,12+/m0/s1. The van der Waals surface area contributed by atoms with Gasteiger partial charge in [0.15, 0.2) is 0 Å². The average Bonchev–Trinajstić information content (AvgIpc) is 2.84. The lowest BCUT2D eigenvalue weighted by Crippen LogP contribution is -2.30. The van der Waals surface area contributed by atoms with E-state index < -0.39 is 0 Å². The fourth-order valence-electron chi connectivity index (χ4n) is 2.82. The number of benzene rings is 1. The van der Waals surface area contributed by atoms with Crippen LogP contribution in [0.15, 0.2) is 24.3 Å². The molecular weight excluding hydrogens is 219 g/mol. The average molecular weight is 234 g/mol.